The maximum atomic E-state index is 12.2. The first kappa shape index (κ1) is 15.2. The first-order valence-electron chi connectivity index (χ1n) is 5.76. The molecule has 0 aliphatic carbocycles. The molecule has 0 fully saturated rings. The molecular formula is C14H12Cl2O3S. The van der Waals surface area contributed by atoms with Gasteiger partial charge in [0.2, 0.25) is 0 Å². The standard InChI is InChI=1S/C14H12Cl2O3S/c1-9-3-5-12(6-4-9)20(17,18)19-14-10(2)7-11(15)8-13(14)16/h3-8H,1-2H3. The van der Waals surface area contributed by atoms with Crippen LogP contribution in [-0.2, 0) is 10.1 Å². The fraction of sp³-hybridized carbons (Fsp3) is 0.143. The molecule has 0 unspecified atom stereocenters. The maximum absolute atomic E-state index is 12.2. The Labute approximate surface area is 128 Å². The summed E-state index contributed by atoms with van der Waals surface area (Å²) in [4.78, 5) is 0.0773. The third-order valence-corrected chi connectivity index (χ3v) is 4.43. The van der Waals surface area contributed by atoms with Gasteiger partial charge in [-0.25, -0.2) is 0 Å². The van der Waals surface area contributed by atoms with Crippen LogP contribution in [0.1, 0.15) is 11.1 Å². The summed E-state index contributed by atoms with van der Waals surface area (Å²) in [6.07, 6.45) is 0. The van der Waals surface area contributed by atoms with E-state index in [0.717, 1.165) is 5.56 Å². The van der Waals surface area contributed by atoms with E-state index in [1.54, 1.807) is 25.1 Å². The number of aryl methyl sites for hydroxylation is 2. The van der Waals surface area contributed by atoms with Crippen LogP contribution < -0.4 is 4.18 Å². The van der Waals surface area contributed by atoms with Crippen molar-refractivity contribution in [2.24, 2.45) is 0 Å². The van der Waals surface area contributed by atoms with Crippen LogP contribution in [0.2, 0.25) is 10.0 Å². The third kappa shape index (κ3) is 3.26. The van der Waals surface area contributed by atoms with Crippen LogP contribution in [0, 0.1) is 13.8 Å². The molecule has 20 heavy (non-hydrogen) atoms. The summed E-state index contributed by atoms with van der Waals surface area (Å²) in [5, 5.41) is 0.582. The summed E-state index contributed by atoms with van der Waals surface area (Å²) in [5.41, 5.74) is 1.52. The van der Waals surface area contributed by atoms with E-state index in [4.69, 9.17) is 27.4 Å². The Morgan fingerprint density at radius 2 is 1.60 bits per heavy atom. The van der Waals surface area contributed by atoms with E-state index in [0.29, 0.717) is 10.6 Å². The van der Waals surface area contributed by atoms with E-state index < -0.39 is 10.1 Å². The van der Waals surface area contributed by atoms with Gasteiger partial charge in [0.05, 0.1) is 5.02 Å². The predicted molar refractivity (Wildman–Crippen MR) is 80.2 cm³/mol. The summed E-state index contributed by atoms with van der Waals surface area (Å²) in [7, 11) is -3.92. The molecular weight excluding hydrogens is 319 g/mol. The second kappa shape index (κ2) is 5.64. The fourth-order valence-corrected chi connectivity index (χ4v) is 3.34. The molecule has 6 heteroatoms. The summed E-state index contributed by atoms with van der Waals surface area (Å²) in [6.45, 7) is 3.55. The van der Waals surface area contributed by atoms with Crippen LogP contribution in [0.3, 0.4) is 0 Å². The maximum Gasteiger partial charge on any atom is 0.339 e. The molecule has 0 aromatic heterocycles. The fourth-order valence-electron chi connectivity index (χ4n) is 1.66. The molecule has 0 saturated carbocycles. The monoisotopic (exact) mass is 330 g/mol. The van der Waals surface area contributed by atoms with Crippen molar-refractivity contribution >= 4 is 33.3 Å². The second-order valence-electron chi connectivity index (χ2n) is 4.38. The van der Waals surface area contributed by atoms with Crippen molar-refractivity contribution in [1.82, 2.24) is 0 Å². The molecule has 2 aromatic rings. The lowest BCUT2D eigenvalue weighted by Gasteiger charge is -2.11. The molecule has 106 valence electrons. The van der Waals surface area contributed by atoms with Crippen molar-refractivity contribution in [3.63, 3.8) is 0 Å². The van der Waals surface area contributed by atoms with E-state index in [9.17, 15) is 8.42 Å². The topological polar surface area (TPSA) is 43.4 Å². The van der Waals surface area contributed by atoms with E-state index >= 15 is 0 Å². The average Bonchev–Trinajstić information content (AvgIpc) is 2.34. The van der Waals surface area contributed by atoms with Crippen LogP contribution in [0.15, 0.2) is 41.3 Å². The molecule has 0 spiro atoms. The Morgan fingerprint density at radius 1 is 1.00 bits per heavy atom. The number of benzene rings is 2. The highest BCUT2D eigenvalue weighted by Crippen LogP contribution is 2.33. The Balaban J connectivity index is 2.41. The summed E-state index contributed by atoms with van der Waals surface area (Å²) in [6, 6.07) is 9.41. The lowest BCUT2D eigenvalue weighted by molar-refractivity contribution is 0.484. The number of halogens is 2. The van der Waals surface area contributed by atoms with Crippen LogP contribution in [-0.4, -0.2) is 8.42 Å². The first-order valence-corrected chi connectivity index (χ1v) is 7.93. The van der Waals surface area contributed by atoms with Crippen molar-refractivity contribution in [1.29, 1.82) is 0 Å². The summed E-state index contributed by atoms with van der Waals surface area (Å²) in [5.74, 6) is 0.0941. The molecule has 0 aliphatic heterocycles. The highest BCUT2D eigenvalue weighted by Gasteiger charge is 2.20. The van der Waals surface area contributed by atoms with Gasteiger partial charge in [0.25, 0.3) is 0 Å². The van der Waals surface area contributed by atoms with Gasteiger partial charge < -0.3 is 4.18 Å². The molecule has 2 aromatic carbocycles. The predicted octanol–water partition coefficient (Wildman–Crippen LogP) is 4.38. The third-order valence-electron chi connectivity index (χ3n) is 2.70. The van der Waals surface area contributed by atoms with Crippen LogP contribution >= 0.6 is 23.2 Å². The van der Waals surface area contributed by atoms with Crippen LogP contribution in [0.25, 0.3) is 0 Å². The Hall–Kier alpha value is -1.23. The van der Waals surface area contributed by atoms with Crippen molar-refractivity contribution in [3.05, 3.63) is 57.6 Å². The van der Waals surface area contributed by atoms with Gasteiger partial charge in [-0.3, -0.25) is 0 Å². The van der Waals surface area contributed by atoms with E-state index in [2.05, 4.69) is 0 Å². The van der Waals surface area contributed by atoms with E-state index in [1.165, 1.54) is 18.2 Å². The molecule has 0 N–H and O–H groups in total. The van der Waals surface area contributed by atoms with Crippen molar-refractivity contribution < 1.29 is 12.6 Å². The van der Waals surface area contributed by atoms with E-state index in [-0.39, 0.29) is 15.7 Å². The molecule has 0 heterocycles. The van der Waals surface area contributed by atoms with Gasteiger partial charge in [-0.1, -0.05) is 40.9 Å². The minimum Gasteiger partial charge on any atom is -0.377 e. The number of hydrogen-bond donors (Lipinski definition) is 0. The minimum atomic E-state index is -3.92. The Morgan fingerprint density at radius 3 is 2.15 bits per heavy atom. The molecule has 2 rings (SSSR count). The molecule has 0 atom stereocenters. The largest absolute Gasteiger partial charge is 0.377 e. The first-order chi connectivity index (χ1) is 9.29. The molecule has 0 amide bonds. The van der Waals surface area contributed by atoms with Gasteiger partial charge in [0.1, 0.15) is 4.90 Å². The normalized spacial score (nSPS) is 11.4. The smallest absolute Gasteiger partial charge is 0.339 e. The molecule has 0 bridgehead atoms. The Kier molecular flexibility index (Phi) is 4.28. The van der Waals surface area contributed by atoms with Crippen LogP contribution in [0.4, 0.5) is 0 Å². The molecule has 0 aliphatic rings. The SMILES string of the molecule is Cc1ccc(S(=O)(=O)Oc2c(C)cc(Cl)cc2Cl)cc1. The lowest BCUT2D eigenvalue weighted by Crippen LogP contribution is -2.10. The van der Waals surface area contributed by atoms with Gasteiger partial charge in [-0.05, 0) is 43.7 Å². The van der Waals surface area contributed by atoms with Gasteiger partial charge in [0, 0.05) is 5.02 Å². The van der Waals surface area contributed by atoms with Crippen molar-refractivity contribution in [2.45, 2.75) is 18.7 Å². The summed E-state index contributed by atoms with van der Waals surface area (Å²) >= 11 is 11.8. The number of rotatable bonds is 3. The molecule has 0 saturated heterocycles. The zero-order valence-corrected chi connectivity index (χ0v) is 13.2. The van der Waals surface area contributed by atoms with Gasteiger partial charge in [0.15, 0.2) is 5.75 Å². The van der Waals surface area contributed by atoms with Crippen molar-refractivity contribution in [3.8, 4) is 5.75 Å². The highest BCUT2D eigenvalue weighted by atomic mass is 35.5. The Bertz CT molecular complexity index is 715. The number of hydrogen-bond acceptors (Lipinski definition) is 3. The summed E-state index contributed by atoms with van der Waals surface area (Å²) < 4.78 is 29.5. The zero-order valence-electron chi connectivity index (χ0n) is 10.9. The van der Waals surface area contributed by atoms with Crippen LogP contribution in [0.5, 0.6) is 5.75 Å². The highest BCUT2D eigenvalue weighted by molar-refractivity contribution is 7.87. The molecule has 3 nitrogen and oxygen atoms in total. The van der Waals surface area contributed by atoms with Gasteiger partial charge >= 0.3 is 10.1 Å². The second-order valence-corrected chi connectivity index (χ2v) is 6.77. The van der Waals surface area contributed by atoms with E-state index in [1.807, 2.05) is 6.92 Å². The lowest BCUT2D eigenvalue weighted by atomic mass is 10.2. The van der Waals surface area contributed by atoms with Gasteiger partial charge in [-0.15, -0.1) is 0 Å². The minimum absolute atomic E-state index is 0.0773. The molecule has 0 radical (unpaired) electrons. The van der Waals surface area contributed by atoms with Gasteiger partial charge in [-0.2, -0.15) is 8.42 Å². The zero-order chi connectivity index (χ0) is 14.9. The average molecular weight is 331 g/mol. The van der Waals surface area contributed by atoms with Crippen molar-refractivity contribution in [2.75, 3.05) is 0 Å². The quantitative estimate of drug-likeness (QED) is 0.784.